The van der Waals surface area contributed by atoms with E-state index < -0.39 is 0 Å². The van der Waals surface area contributed by atoms with Crippen LogP contribution in [0.4, 0.5) is 0 Å². The second-order valence-electron chi connectivity index (χ2n) is 5.91. The summed E-state index contributed by atoms with van der Waals surface area (Å²) in [4.78, 5) is 17.0. The lowest BCUT2D eigenvalue weighted by Gasteiger charge is -2.14. The van der Waals surface area contributed by atoms with Crippen molar-refractivity contribution in [2.24, 2.45) is 0 Å². The van der Waals surface area contributed by atoms with Crippen molar-refractivity contribution in [3.8, 4) is 5.75 Å². The highest BCUT2D eigenvalue weighted by Crippen LogP contribution is 2.25. The molecule has 2 rings (SSSR count). The van der Waals surface area contributed by atoms with Crippen LogP contribution < -0.4 is 4.74 Å². The SMILES string of the molecule is CCOc1ccccc1C(=O)Cc1nc(C(C)(C)C)cs1. The summed E-state index contributed by atoms with van der Waals surface area (Å²) in [5, 5.41) is 2.90. The number of aromatic nitrogens is 1. The lowest BCUT2D eigenvalue weighted by Crippen LogP contribution is -2.12. The third-order valence-electron chi connectivity index (χ3n) is 3.12. The predicted molar refractivity (Wildman–Crippen MR) is 86.5 cm³/mol. The maximum absolute atomic E-state index is 12.5. The van der Waals surface area contributed by atoms with E-state index in [0.29, 0.717) is 24.3 Å². The van der Waals surface area contributed by atoms with Crippen LogP contribution in [-0.2, 0) is 11.8 Å². The molecule has 1 aromatic heterocycles. The molecule has 0 saturated carbocycles. The normalized spacial score (nSPS) is 11.4. The van der Waals surface area contributed by atoms with E-state index in [1.807, 2.05) is 36.6 Å². The first-order valence-electron chi connectivity index (χ1n) is 7.11. The largest absolute Gasteiger partial charge is 0.493 e. The minimum atomic E-state index is 0.0149. The number of hydrogen-bond donors (Lipinski definition) is 0. The molecule has 2 aromatic rings. The zero-order chi connectivity index (χ0) is 15.5. The molecule has 0 aliphatic heterocycles. The molecule has 4 heteroatoms. The van der Waals surface area contributed by atoms with Crippen LogP contribution in [0.5, 0.6) is 5.75 Å². The van der Waals surface area contributed by atoms with E-state index in [1.54, 1.807) is 11.3 Å². The number of Topliss-reactive ketones (excluding diaryl/α,β-unsaturated/α-hetero) is 1. The van der Waals surface area contributed by atoms with Crippen LogP contribution in [0, 0.1) is 0 Å². The minimum absolute atomic E-state index is 0.0149. The Hall–Kier alpha value is -1.68. The van der Waals surface area contributed by atoms with Crippen LogP contribution in [0.2, 0.25) is 0 Å². The van der Waals surface area contributed by atoms with Gasteiger partial charge in [-0.15, -0.1) is 11.3 Å². The van der Waals surface area contributed by atoms with Crippen LogP contribution in [0.1, 0.15) is 48.8 Å². The summed E-state index contributed by atoms with van der Waals surface area (Å²) < 4.78 is 5.52. The molecule has 0 bridgehead atoms. The molecular weight excluding hydrogens is 282 g/mol. The van der Waals surface area contributed by atoms with E-state index in [0.717, 1.165) is 10.7 Å². The van der Waals surface area contributed by atoms with E-state index in [4.69, 9.17) is 4.74 Å². The van der Waals surface area contributed by atoms with Gasteiger partial charge in [-0.1, -0.05) is 32.9 Å². The van der Waals surface area contributed by atoms with Crippen molar-refractivity contribution in [2.45, 2.75) is 39.5 Å². The highest BCUT2D eigenvalue weighted by molar-refractivity contribution is 7.09. The van der Waals surface area contributed by atoms with Crippen LogP contribution >= 0.6 is 11.3 Å². The van der Waals surface area contributed by atoms with E-state index in [-0.39, 0.29) is 11.2 Å². The van der Waals surface area contributed by atoms with Crippen molar-refractivity contribution in [1.82, 2.24) is 4.98 Å². The molecule has 0 fully saturated rings. The van der Waals surface area contributed by atoms with Crippen LogP contribution in [-0.4, -0.2) is 17.4 Å². The molecule has 0 unspecified atom stereocenters. The van der Waals surface area contributed by atoms with Gasteiger partial charge in [-0.05, 0) is 19.1 Å². The van der Waals surface area contributed by atoms with E-state index in [2.05, 4.69) is 25.8 Å². The second kappa shape index (κ2) is 6.39. The third kappa shape index (κ3) is 3.91. The Morgan fingerprint density at radius 2 is 2.00 bits per heavy atom. The van der Waals surface area contributed by atoms with Crippen molar-refractivity contribution in [2.75, 3.05) is 6.61 Å². The van der Waals surface area contributed by atoms with Gasteiger partial charge in [0.15, 0.2) is 5.78 Å². The van der Waals surface area contributed by atoms with Gasteiger partial charge in [0.1, 0.15) is 10.8 Å². The smallest absolute Gasteiger partial charge is 0.173 e. The molecule has 0 aliphatic rings. The van der Waals surface area contributed by atoms with Gasteiger partial charge < -0.3 is 4.74 Å². The van der Waals surface area contributed by atoms with Crippen LogP contribution in [0.15, 0.2) is 29.6 Å². The number of benzene rings is 1. The van der Waals surface area contributed by atoms with Crippen molar-refractivity contribution in [3.63, 3.8) is 0 Å². The maximum atomic E-state index is 12.5. The lowest BCUT2D eigenvalue weighted by molar-refractivity contribution is 0.0989. The number of para-hydroxylation sites is 1. The van der Waals surface area contributed by atoms with Gasteiger partial charge >= 0.3 is 0 Å². The Balaban J connectivity index is 2.17. The summed E-state index contributed by atoms with van der Waals surface area (Å²) in [6, 6.07) is 7.38. The summed E-state index contributed by atoms with van der Waals surface area (Å²) in [5.74, 6) is 0.700. The Kier molecular flexibility index (Phi) is 4.78. The number of hydrogen-bond acceptors (Lipinski definition) is 4. The average molecular weight is 303 g/mol. The molecule has 0 saturated heterocycles. The molecule has 3 nitrogen and oxygen atoms in total. The highest BCUT2D eigenvalue weighted by Gasteiger charge is 2.19. The number of ketones is 1. The molecule has 0 amide bonds. The van der Waals surface area contributed by atoms with E-state index >= 15 is 0 Å². The van der Waals surface area contributed by atoms with Crippen LogP contribution in [0.3, 0.4) is 0 Å². The van der Waals surface area contributed by atoms with Crippen molar-refractivity contribution in [1.29, 1.82) is 0 Å². The fourth-order valence-electron chi connectivity index (χ4n) is 1.95. The number of rotatable bonds is 5. The van der Waals surface area contributed by atoms with Gasteiger partial charge in [0.05, 0.1) is 24.3 Å². The Labute approximate surface area is 130 Å². The monoisotopic (exact) mass is 303 g/mol. The molecule has 0 spiro atoms. The first-order valence-corrected chi connectivity index (χ1v) is 7.99. The summed E-state index contributed by atoms with van der Waals surface area (Å²) in [6.07, 6.45) is 0.324. The minimum Gasteiger partial charge on any atom is -0.493 e. The predicted octanol–water partition coefficient (Wildman–Crippen LogP) is 4.26. The molecule has 0 aliphatic carbocycles. The zero-order valence-electron chi connectivity index (χ0n) is 13.0. The lowest BCUT2D eigenvalue weighted by atomic mass is 9.93. The van der Waals surface area contributed by atoms with E-state index in [9.17, 15) is 4.79 Å². The highest BCUT2D eigenvalue weighted by atomic mass is 32.1. The number of nitrogens with zero attached hydrogens (tertiary/aromatic N) is 1. The van der Waals surface area contributed by atoms with Crippen molar-refractivity contribution < 1.29 is 9.53 Å². The fraction of sp³-hybridized carbons (Fsp3) is 0.412. The first-order chi connectivity index (χ1) is 9.91. The third-order valence-corrected chi connectivity index (χ3v) is 3.97. The molecule has 0 radical (unpaired) electrons. The fourth-order valence-corrected chi connectivity index (χ4v) is 2.97. The average Bonchev–Trinajstić information content (AvgIpc) is 2.88. The Morgan fingerprint density at radius 3 is 2.62 bits per heavy atom. The number of ether oxygens (including phenoxy) is 1. The molecule has 0 N–H and O–H groups in total. The summed E-state index contributed by atoms with van der Waals surface area (Å²) >= 11 is 1.55. The van der Waals surface area contributed by atoms with Crippen molar-refractivity contribution >= 4 is 17.1 Å². The van der Waals surface area contributed by atoms with Crippen LogP contribution in [0.25, 0.3) is 0 Å². The molecule has 1 aromatic carbocycles. The van der Waals surface area contributed by atoms with Crippen molar-refractivity contribution in [3.05, 3.63) is 45.9 Å². The number of carbonyl (C=O) groups excluding carboxylic acids is 1. The Morgan fingerprint density at radius 1 is 1.29 bits per heavy atom. The summed E-state index contributed by atoms with van der Waals surface area (Å²) in [6.45, 7) is 8.83. The second-order valence-corrected chi connectivity index (χ2v) is 6.85. The number of thiazole rings is 1. The Bertz CT molecular complexity index is 626. The van der Waals surface area contributed by atoms with Gasteiger partial charge in [0.2, 0.25) is 0 Å². The summed E-state index contributed by atoms with van der Waals surface area (Å²) in [5.41, 5.74) is 1.68. The maximum Gasteiger partial charge on any atom is 0.173 e. The standard InChI is InChI=1S/C17H21NO2S/c1-5-20-14-9-7-6-8-12(14)13(19)10-16-18-15(11-21-16)17(2,3)4/h6-9,11H,5,10H2,1-4H3. The topological polar surface area (TPSA) is 39.2 Å². The van der Waals surface area contributed by atoms with E-state index in [1.165, 1.54) is 0 Å². The molecule has 21 heavy (non-hydrogen) atoms. The van der Waals surface area contributed by atoms with Gasteiger partial charge in [0, 0.05) is 10.8 Å². The first kappa shape index (κ1) is 15.7. The molecule has 0 atom stereocenters. The van der Waals surface area contributed by atoms with Gasteiger partial charge in [-0.3, -0.25) is 4.79 Å². The molecule has 112 valence electrons. The molecule has 1 heterocycles. The van der Waals surface area contributed by atoms with Gasteiger partial charge in [-0.2, -0.15) is 0 Å². The number of carbonyl (C=O) groups is 1. The summed E-state index contributed by atoms with van der Waals surface area (Å²) in [7, 11) is 0. The molecular formula is C17H21NO2S. The quantitative estimate of drug-likeness (QED) is 0.775. The van der Waals surface area contributed by atoms with Gasteiger partial charge in [0.25, 0.3) is 0 Å². The zero-order valence-corrected chi connectivity index (χ0v) is 13.8. The van der Waals surface area contributed by atoms with Gasteiger partial charge in [-0.25, -0.2) is 4.98 Å².